The first-order valence-corrected chi connectivity index (χ1v) is 3.09. The minimum Gasteiger partial charge on any atom is -0.440 e. The van der Waals surface area contributed by atoms with Crippen LogP contribution in [0, 0.1) is 0 Å². The van der Waals surface area contributed by atoms with Gasteiger partial charge in [-0.3, -0.25) is 0 Å². The van der Waals surface area contributed by atoms with Crippen molar-refractivity contribution in [3.8, 4) is 0 Å². The second-order valence-electron chi connectivity index (χ2n) is 2.10. The summed E-state index contributed by atoms with van der Waals surface area (Å²) in [4.78, 5) is 0. The monoisotopic (exact) mass is 224 g/mol. The summed E-state index contributed by atoms with van der Waals surface area (Å²) in [5, 5.41) is 0. The van der Waals surface area contributed by atoms with Crippen molar-refractivity contribution in [3.63, 3.8) is 0 Å². The minimum atomic E-state index is -6.12. The second kappa shape index (κ2) is 3.68. The molecular weight excluding hydrogens is 218 g/mol. The fourth-order valence-corrected chi connectivity index (χ4v) is 0.527. The second-order valence-corrected chi connectivity index (χ2v) is 2.10. The van der Waals surface area contributed by atoms with Gasteiger partial charge in [-0.05, 0) is 0 Å². The normalized spacial score (nSPS) is 17.4. The number of halogens is 6. The van der Waals surface area contributed by atoms with Crippen molar-refractivity contribution in [1.82, 2.24) is 0 Å². The molecule has 1 unspecified atom stereocenters. The van der Waals surface area contributed by atoms with Gasteiger partial charge in [-0.2, -0.15) is 26.3 Å². The molecular formula is C6H6F6O2. The van der Waals surface area contributed by atoms with Gasteiger partial charge >= 0.3 is 18.1 Å². The average Bonchev–Trinajstić information content (AvgIpc) is 2.02. The van der Waals surface area contributed by atoms with Gasteiger partial charge in [-0.1, -0.05) is 6.58 Å². The van der Waals surface area contributed by atoms with Crippen molar-refractivity contribution < 1.29 is 35.8 Å². The molecule has 0 aromatic heterocycles. The Balaban J connectivity index is 5.10. The van der Waals surface area contributed by atoms with Crippen molar-refractivity contribution in [2.75, 3.05) is 7.11 Å². The maximum Gasteiger partial charge on any atom is 0.463 e. The van der Waals surface area contributed by atoms with E-state index in [1.54, 1.807) is 0 Å². The van der Waals surface area contributed by atoms with Crippen LogP contribution in [0.3, 0.4) is 0 Å². The van der Waals surface area contributed by atoms with E-state index in [1.165, 1.54) is 0 Å². The molecule has 0 amide bonds. The first kappa shape index (κ1) is 13.1. The van der Waals surface area contributed by atoms with Gasteiger partial charge in [0, 0.05) is 7.11 Å². The number of ether oxygens (including phenoxy) is 2. The van der Waals surface area contributed by atoms with Crippen LogP contribution in [0.25, 0.3) is 0 Å². The molecule has 1 atom stereocenters. The Kier molecular flexibility index (Phi) is 3.44. The highest BCUT2D eigenvalue weighted by Gasteiger charge is 2.75. The largest absolute Gasteiger partial charge is 0.463 e. The molecule has 0 saturated heterocycles. The van der Waals surface area contributed by atoms with E-state index in [1.807, 2.05) is 0 Å². The molecule has 0 aliphatic rings. The summed E-state index contributed by atoms with van der Waals surface area (Å²) in [5.41, 5.74) is 0. The van der Waals surface area contributed by atoms with Crippen LogP contribution >= 0.6 is 0 Å². The predicted octanol–water partition coefficient (Wildman–Crippen LogP) is 2.61. The Morgan fingerprint density at radius 3 is 1.71 bits per heavy atom. The lowest BCUT2D eigenvalue weighted by Gasteiger charge is -2.31. The van der Waals surface area contributed by atoms with E-state index in [-0.39, 0.29) is 6.26 Å². The molecule has 8 heteroatoms. The van der Waals surface area contributed by atoms with E-state index in [2.05, 4.69) is 16.1 Å². The summed E-state index contributed by atoms with van der Waals surface area (Å²) in [7, 11) is 0.309. The summed E-state index contributed by atoms with van der Waals surface area (Å²) in [6, 6.07) is -4.60. The third kappa shape index (κ3) is 1.94. The summed E-state index contributed by atoms with van der Waals surface area (Å²) in [6.07, 6.45) is -6.04. The fraction of sp³-hybridized carbons (Fsp3) is 0.667. The zero-order valence-electron chi connectivity index (χ0n) is 6.87. The molecule has 0 N–H and O–H groups in total. The SMILES string of the molecule is C=COC(F)(OC)C(F)(F)C(F)(F)F. The molecule has 0 aliphatic heterocycles. The van der Waals surface area contributed by atoms with Crippen LogP contribution in [0.5, 0.6) is 0 Å². The first-order valence-electron chi connectivity index (χ1n) is 3.09. The van der Waals surface area contributed by atoms with Crippen LogP contribution in [0.2, 0.25) is 0 Å². The third-order valence-electron chi connectivity index (χ3n) is 1.23. The first-order chi connectivity index (χ1) is 6.12. The number of rotatable bonds is 4. The van der Waals surface area contributed by atoms with Crippen molar-refractivity contribution in [1.29, 1.82) is 0 Å². The maximum absolute atomic E-state index is 12.8. The number of alkyl halides is 6. The van der Waals surface area contributed by atoms with Crippen LogP contribution in [0.1, 0.15) is 0 Å². The quantitative estimate of drug-likeness (QED) is 0.415. The Hall–Kier alpha value is -0.920. The van der Waals surface area contributed by atoms with Gasteiger partial charge in [0.05, 0.1) is 6.26 Å². The van der Waals surface area contributed by atoms with Crippen LogP contribution < -0.4 is 0 Å². The van der Waals surface area contributed by atoms with Gasteiger partial charge in [0.15, 0.2) is 0 Å². The van der Waals surface area contributed by atoms with Gasteiger partial charge in [-0.25, -0.2) is 0 Å². The van der Waals surface area contributed by atoms with Gasteiger partial charge in [0.25, 0.3) is 0 Å². The fourth-order valence-electron chi connectivity index (χ4n) is 0.527. The summed E-state index contributed by atoms with van der Waals surface area (Å²) in [5.74, 6) is -5.79. The molecule has 0 aliphatic carbocycles. The number of hydrogen-bond donors (Lipinski definition) is 0. The minimum absolute atomic E-state index is 0.0865. The number of hydrogen-bond acceptors (Lipinski definition) is 2. The standard InChI is InChI=1S/C6H6F6O2/c1-3-14-6(12,13-2)4(7,8)5(9,10)11/h3H,1H2,2H3. The topological polar surface area (TPSA) is 18.5 Å². The Morgan fingerprint density at radius 1 is 1.07 bits per heavy atom. The molecule has 0 radical (unpaired) electrons. The highest BCUT2D eigenvalue weighted by molar-refractivity contribution is 4.86. The molecule has 0 heterocycles. The van der Waals surface area contributed by atoms with Crippen LogP contribution in [0.4, 0.5) is 26.3 Å². The molecule has 2 nitrogen and oxygen atoms in total. The van der Waals surface area contributed by atoms with E-state index in [0.717, 1.165) is 0 Å². The predicted molar refractivity (Wildman–Crippen MR) is 33.1 cm³/mol. The smallest absolute Gasteiger partial charge is 0.440 e. The molecule has 0 aromatic carbocycles. The van der Waals surface area contributed by atoms with E-state index < -0.39 is 18.1 Å². The van der Waals surface area contributed by atoms with E-state index >= 15 is 0 Å². The molecule has 0 saturated carbocycles. The Bertz CT molecular complexity index is 213. The number of methoxy groups -OCH3 is 1. The highest BCUT2D eigenvalue weighted by atomic mass is 19.4. The van der Waals surface area contributed by atoms with Gasteiger partial charge in [-0.15, -0.1) is 0 Å². The summed E-state index contributed by atoms with van der Waals surface area (Å²) in [6.45, 7) is 2.65. The lowest BCUT2D eigenvalue weighted by molar-refractivity contribution is -0.443. The molecule has 84 valence electrons. The summed E-state index contributed by atoms with van der Waals surface area (Å²) < 4.78 is 79.2. The van der Waals surface area contributed by atoms with Crippen LogP contribution in [0.15, 0.2) is 12.8 Å². The average molecular weight is 224 g/mol. The Labute approximate surface area is 75.1 Å². The molecule has 0 fully saturated rings. The summed E-state index contributed by atoms with van der Waals surface area (Å²) >= 11 is 0. The van der Waals surface area contributed by atoms with Crippen molar-refractivity contribution in [2.45, 2.75) is 18.1 Å². The molecule has 0 aromatic rings. The van der Waals surface area contributed by atoms with Crippen molar-refractivity contribution >= 4 is 0 Å². The molecule has 0 spiro atoms. The highest BCUT2D eigenvalue weighted by Crippen LogP contribution is 2.46. The lowest BCUT2D eigenvalue weighted by atomic mass is 10.3. The zero-order valence-corrected chi connectivity index (χ0v) is 6.87. The van der Waals surface area contributed by atoms with Gasteiger partial charge in [0.2, 0.25) is 0 Å². The van der Waals surface area contributed by atoms with E-state index in [4.69, 9.17) is 0 Å². The van der Waals surface area contributed by atoms with Crippen LogP contribution in [-0.4, -0.2) is 25.2 Å². The zero-order chi connectivity index (χ0) is 11.6. The Morgan fingerprint density at radius 2 is 1.50 bits per heavy atom. The maximum atomic E-state index is 12.8. The van der Waals surface area contributed by atoms with Crippen molar-refractivity contribution in [2.24, 2.45) is 0 Å². The van der Waals surface area contributed by atoms with Crippen LogP contribution in [-0.2, 0) is 9.47 Å². The molecule has 14 heavy (non-hydrogen) atoms. The van der Waals surface area contributed by atoms with E-state index in [9.17, 15) is 26.3 Å². The molecule has 0 bridgehead atoms. The van der Waals surface area contributed by atoms with E-state index in [0.29, 0.717) is 7.11 Å². The van der Waals surface area contributed by atoms with Gasteiger partial charge in [0.1, 0.15) is 0 Å². The lowest BCUT2D eigenvalue weighted by Crippen LogP contribution is -2.56. The molecule has 0 rings (SSSR count). The third-order valence-corrected chi connectivity index (χ3v) is 1.23. The van der Waals surface area contributed by atoms with Crippen molar-refractivity contribution in [3.05, 3.63) is 12.8 Å². The van der Waals surface area contributed by atoms with Gasteiger partial charge < -0.3 is 9.47 Å².